The molecule has 4 amide bonds. The van der Waals surface area contributed by atoms with Gasteiger partial charge in [-0.05, 0) is 62.2 Å². The minimum absolute atomic E-state index is 0.0609. The average Bonchev–Trinajstić information content (AvgIpc) is 3.52. The number of aryl methyl sites for hydroxylation is 1. The van der Waals surface area contributed by atoms with Gasteiger partial charge in [0.15, 0.2) is 0 Å². The third-order valence-corrected chi connectivity index (χ3v) is 7.91. The lowest BCUT2D eigenvalue weighted by atomic mass is 9.99. The summed E-state index contributed by atoms with van der Waals surface area (Å²) in [5.74, 6) is -1.69. The number of amides is 4. The molecule has 1 aliphatic heterocycles. The first kappa shape index (κ1) is 40.3. The summed E-state index contributed by atoms with van der Waals surface area (Å²) in [6.07, 6.45) is 0.761. The Hall–Kier alpha value is -4.11. The van der Waals surface area contributed by atoms with Gasteiger partial charge in [-0.15, -0.1) is 0 Å². The predicted molar refractivity (Wildman–Crippen MR) is 188 cm³/mol. The molecule has 0 radical (unpaired) electrons. The highest BCUT2D eigenvalue weighted by molar-refractivity contribution is 6.35. The Kier molecular flexibility index (Phi) is 15.6. The summed E-state index contributed by atoms with van der Waals surface area (Å²) < 4.78 is 35.7. The van der Waals surface area contributed by atoms with E-state index in [2.05, 4.69) is 41.3 Å². The van der Waals surface area contributed by atoms with Crippen LogP contribution in [0, 0.1) is 25.1 Å². The van der Waals surface area contributed by atoms with Gasteiger partial charge in [-0.3, -0.25) is 14.4 Å². The third kappa shape index (κ3) is 12.0. The molecule has 50 heavy (non-hydrogen) atoms. The molecule has 13 nitrogen and oxygen atoms in total. The van der Waals surface area contributed by atoms with Gasteiger partial charge in [-0.2, -0.15) is 0 Å². The molecule has 0 spiro atoms. The van der Waals surface area contributed by atoms with Crippen molar-refractivity contribution in [1.82, 2.24) is 20.1 Å². The SMILES string of the molecule is CCN(CC)CCN(C(=O)OCCOCCNC(=O)COCCOCC(C)(C)C)C(=O)c1c(C)[nH]c(/C=C2\C(=O)Nc3ccc(F)cc32)c1C. The van der Waals surface area contributed by atoms with Crippen LogP contribution in [0.1, 0.15) is 67.5 Å². The van der Waals surface area contributed by atoms with Crippen LogP contribution in [0.5, 0.6) is 0 Å². The van der Waals surface area contributed by atoms with Crippen molar-refractivity contribution in [1.29, 1.82) is 0 Å². The number of imide groups is 1. The van der Waals surface area contributed by atoms with Gasteiger partial charge in [0, 0.05) is 42.3 Å². The second-order valence-corrected chi connectivity index (χ2v) is 13.1. The average molecular weight is 702 g/mol. The lowest BCUT2D eigenvalue weighted by Gasteiger charge is -2.25. The van der Waals surface area contributed by atoms with Gasteiger partial charge in [0.2, 0.25) is 5.91 Å². The summed E-state index contributed by atoms with van der Waals surface area (Å²) >= 11 is 0. The van der Waals surface area contributed by atoms with Crippen molar-refractivity contribution in [2.24, 2.45) is 5.41 Å². The molecule has 0 aliphatic carbocycles. The Morgan fingerprint density at radius 1 is 0.960 bits per heavy atom. The number of likely N-dealkylation sites (N-methyl/N-ethyl adjacent to an activating group) is 1. The molecule has 0 saturated heterocycles. The topological polar surface area (TPSA) is 152 Å². The summed E-state index contributed by atoms with van der Waals surface area (Å²) in [6, 6.07) is 4.05. The molecule has 2 aromatic rings. The molecular weight excluding hydrogens is 649 g/mol. The molecule has 276 valence electrons. The molecule has 1 aromatic carbocycles. The van der Waals surface area contributed by atoms with Gasteiger partial charge in [-0.1, -0.05) is 34.6 Å². The molecule has 0 atom stereocenters. The first-order valence-corrected chi connectivity index (χ1v) is 17.0. The Bertz CT molecular complexity index is 1510. The summed E-state index contributed by atoms with van der Waals surface area (Å²) in [5, 5.41) is 5.41. The minimum Gasteiger partial charge on any atom is -0.447 e. The van der Waals surface area contributed by atoms with Crippen LogP contribution >= 0.6 is 0 Å². The number of carbonyl (C=O) groups excluding carboxylic acids is 4. The van der Waals surface area contributed by atoms with Crippen molar-refractivity contribution in [3.63, 3.8) is 0 Å². The van der Waals surface area contributed by atoms with Gasteiger partial charge in [-0.25, -0.2) is 14.1 Å². The summed E-state index contributed by atoms with van der Waals surface area (Å²) in [7, 11) is 0. The molecule has 1 aromatic heterocycles. The van der Waals surface area contributed by atoms with E-state index in [9.17, 15) is 23.6 Å². The highest BCUT2D eigenvalue weighted by Gasteiger charge is 2.30. The standard InChI is InChI=1S/C36H52FN5O8/c1-8-41(9-2)13-14-42(35(46)50-19-18-47-15-12-38-31(43)22-48-16-17-49-23-36(5,6)7)34(45)32-24(3)30(39-25(32)4)21-28-27-20-26(37)10-11-29(27)40-33(28)44/h10-11,20-21,39H,8-9,12-19,22-23H2,1-7H3,(H,38,43)(H,40,44)/b28-21-. The zero-order valence-corrected chi connectivity index (χ0v) is 30.3. The van der Waals surface area contributed by atoms with Crippen molar-refractivity contribution < 1.29 is 42.5 Å². The largest absolute Gasteiger partial charge is 0.447 e. The highest BCUT2D eigenvalue weighted by Crippen LogP contribution is 2.34. The first-order chi connectivity index (χ1) is 23.7. The number of rotatable bonds is 19. The fraction of sp³-hybridized carbons (Fsp3) is 0.556. The maximum Gasteiger partial charge on any atom is 0.416 e. The number of anilines is 1. The second-order valence-electron chi connectivity index (χ2n) is 13.1. The number of ether oxygens (including phenoxy) is 4. The van der Waals surface area contributed by atoms with E-state index >= 15 is 0 Å². The van der Waals surface area contributed by atoms with E-state index in [4.69, 9.17) is 18.9 Å². The van der Waals surface area contributed by atoms with Gasteiger partial charge < -0.3 is 39.5 Å². The maximum absolute atomic E-state index is 14.0. The van der Waals surface area contributed by atoms with E-state index < -0.39 is 17.8 Å². The Labute approximate surface area is 293 Å². The van der Waals surface area contributed by atoms with Crippen LogP contribution in [0.2, 0.25) is 0 Å². The summed E-state index contributed by atoms with van der Waals surface area (Å²) in [5.41, 5.74) is 3.04. The fourth-order valence-electron chi connectivity index (χ4n) is 5.22. The van der Waals surface area contributed by atoms with Gasteiger partial charge >= 0.3 is 6.09 Å². The van der Waals surface area contributed by atoms with Gasteiger partial charge in [0.1, 0.15) is 19.0 Å². The third-order valence-electron chi connectivity index (χ3n) is 7.91. The van der Waals surface area contributed by atoms with Crippen LogP contribution in [-0.2, 0) is 28.5 Å². The lowest BCUT2D eigenvalue weighted by molar-refractivity contribution is -0.126. The van der Waals surface area contributed by atoms with E-state index in [0.717, 1.165) is 18.0 Å². The van der Waals surface area contributed by atoms with Crippen molar-refractivity contribution in [3.8, 4) is 0 Å². The number of hydrogen-bond acceptors (Lipinski definition) is 9. The van der Waals surface area contributed by atoms with Crippen LogP contribution in [0.4, 0.5) is 14.9 Å². The normalized spacial score (nSPS) is 13.5. The lowest BCUT2D eigenvalue weighted by Crippen LogP contribution is -2.43. The van der Waals surface area contributed by atoms with E-state index in [-0.39, 0.29) is 67.9 Å². The van der Waals surface area contributed by atoms with E-state index in [1.807, 2.05) is 13.8 Å². The molecular formula is C36H52FN5O8. The number of H-pyrrole nitrogens is 1. The molecule has 0 unspecified atom stereocenters. The summed E-state index contributed by atoms with van der Waals surface area (Å²) in [6.45, 7) is 17.3. The van der Waals surface area contributed by atoms with Crippen LogP contribution in [0.15, 0.2) is 18.2 Å². The summed E-state index contributed by atoms with van der Waals surface area (Å²) in [4.78, 5) is 58.2. The van der Waals surface area contributed by atoms with Crippen molar-refractivity contribution in [3.05, 3.63) is 52.1 Å². The number of aromatic amines is 1. The second kappa shape index (κ2) is 19.3. The van der Waals surface area contributed by atoms with Crippen LogP contribution in [0.25, 0.3) is 11.6 Å². The zero-order chi connectivity index (χ0) is 36.8. The molecule has 3 N–H and O–H groups in total. The smallest absolute Gasteiger partial charge is 0.416 e. The van der Waals surface area contributed by atoms with E-state index in [1.54, 1.807) is 19.9 Å². The molecule has 0 bridgehead atoms. The molecule has 14 heteroatoms. The molecule has 0 saturated carbocycles. The molecule has 2 heterocycles. The van der Waals surface area contributed by atoms with Crippen LogP contribution < -0.4 is 10.6 Å². The predicted octanol–water partition coefficient (Wildman–Crippen LogP) is 4.40. The zero-order valence-electron chi connectivity index (χ0n) is 30.3. The fourth-order valence-corrected chi connectivity index (χ4v) is 5.22. The van der Waals surface area contributed by atoms with Crippen LogP contribution in [0.3, 0.4) is 0 Å². The Balaban J connectivity index is 1.55. The van der Waals surface area contributed by atoms with Crippen molar-refractivity contribution in [2.75, 3.05) is 84.3 Å². The van der Waals surface area contributed by atoms with E-state index in [1.165, 1.54) is 18.2 Å². The monoisotopic (exact) mass is 701 g/mol. The number of nitrogens with zero attached hydrogens (tertiary/aromatic N) is 2. The van der Waals surface area contributed by atoms with E-state index in [0.29, 0.717) is 54.6 Å². The maximum atomic E-state index is 14.0. The Morgan fingerprint density at radius 3 is 2.36 bits per heavy atom. The number of nitrogens with one attached hydrogen (secondary N) is 3. The molecule has 3 rings (SSSR count). The van der Waals surface area contributed by atoms with Crippen LogP contribution in [-0.4, -0.2) is 118 Å². The number of benzene rings is 1. The number of carbonyl (C=O) groups is 4. The molecule has 1 aliphatic rings. The molecule has 0 fully saturated rings. The van der Waals surface area contributed by atoms with Crippen molar-refractivity contribution >= 4 is 41.2 Å². The van der Waals surface area contributed by atoms with Gasteiger partial charge in [0.05, 0.1) is 44.2 Å². The highest BCUT2D eigenvalue weighted by atomic mass is 19.1. The first-order valence-electron chi connectivity index (χ1n) is 17.0. The number of halogens is 1. The number of aromatic nitrogens is 1. The van der Waals surface area contributed by atoms with Crippen molar-refractivity contribution in [2.45, 2.75) is 48.5 Å². The number of fused-ring (bicyclic) bond motifs is 1. The quantitative estimate of drug-likeness (QED) is 0.143. The number of hydrogen-bond donors (Lipinski definition) is 3. The van der Waals surface area contributed by atoms with Gasteiger partial charge in [0.25, 0.3) is 11.8 Å². The minimum atomic E-state index is -0.817. The Morgan fingerprint density at radius 2 is 1.66 bits per heavy atom.